The molecule has 0 bridgehead atoms. The van der Waals surface area contributed by atoms with Crippen molar-refractivity contribution in [2.75, 3.05) is 25.0 Å². The van der Waals surface area contributed by atoms with E-state index in [1.165, 1.54) is 0 Å². The number of nitrogens with zero attached hydrogens (tertiary/aromatic N) is 1. The molecule has 0 unspecified atom stereocenters. The van der Waals surface area contributed by atoms with Gasteiger partial charge in [-0.05, 0) is 42.7 Å². The summed E-state index contributed by atoms with van der Waals surface area (Å²) < 4.78 is 16.4. The van der Waals surface area contributed by atoms with Gasteiger partial charge in [-0.1, -0.05) is 12.1 Å². The molecule has 1 atom stereocenters. The zero-order valence-corrected chi connectivity index (χ0v) is 15.6. The lowest BCUT2D eigenvalue weighted by Crippen LogP contribution is -2.50. The quantitative estimate of drug-likeness (QED) is 0.793. The van der Waals surface area contributed by atoms with Gasteiger partial charge in [-0.25, -0.2) is 4.79 Å². The van der Waals surface area contributed by atoms with Crippen LogP contribution in [0.1, 0.15) is 24.2 Å². The first-order valence-electron chi connectivity index (χ1n) is 9.59. The molecule has 1 aromatic heterocycles. The normalized spacial score (nSPS) is 19.4. The van der Waals surface area contributed by atoms with Crippen molar-refractivity contribution in [1.82, 2.24) is 4.90 Å². The Morgan fingerprint density at radius 3 is 2.86 bits per heavy atom. The summed E-state index contributed by atoms with van der Waals surface area (Å²) in [4.78, 5) is 26.5. The second-order valence-corrected chi connectivity index (χ2v) is 7.18. The summed E-state index contributed by atoms with van der Waals surface area (Å²) in [6.07, 6.45) is 3.01. The highest BCUT2D eigenvalue weighted by atomic mass is 16.5. The van der Waals surface area contributed by atoms with E-state index in [0.717, 1.165) is 24.2 Å². The Hall–Kier alpha value is -2.64. The van der Waals surface area contributed by atoms with Crippen LogP contribution in [0.5, 0.6) is 0 Å². The number of urea groups is 1. The Bertz CT molecular complexity index is 816. The van der Waals surface area contributed by atoms with Gasteiger partial charge in [-0.3, -0.25) is 4.79 Å². The summed E-state index contributed by atoms with van der Waals surface area (Å²) in [6.45, 7) is 1.99. The van der Waals surface area contributed by atoms with Crippen LogP contribution in [0.2, 0.25) is 0 Å². The third-order valence-electron chi connectivity index (χ3n) is 4.92. The van der Waals surface area contributed by atoms with Gasteiger partial charge in [0.05, 0.1) is 26.0 Å². The minimum atomic E-state index is -0.492. The maximum atomic E-state index is 12.6. The third-order valence-corrected chi connectivity index (χ3v) is 4.92. The monoisotopic (exact) mass is 384 g/mol. The SMILES string of the molecule is O=C(C1CC1)[C@@H]1CN(C(=O)Nc2cccc(COCc3ccco3)c2)CCO1. The number of hydrogen-bond donors (Lipinski definition) is 1. The number of ether oxygens (including phenoxy) is 2. The molecule has 1 N–H and O–H groups in total. The molecule has 1 aliphatic heterocycles. The Kier molecular flexibility index (Phi) is 5.73. The Morgan fingerprint density at radius 2 is 2.07 bits per heavy atom. The van der Waals surface area contributed by atoms with Crippen molar-refractivity contribution in [2.24, 2.45) is 5.92 Å². The Morgan fingerprint density at radius 1 is 1.18 bits per heavy atom. The molecule has 0 radical (unpaired) electrons. The van der Waals surface area contributed by atoms with Crippen LogP contribution in [0.3, 0.4) is 0 Å². The summed E-state index contributed by atoms with van der Waals surface area (Å²) in [5, 5.41) is 2.91. The number of nitrogens with one attached hydrogen (secondary N) is 1. The second kappa shape index (κ2) is 8.58. The van der Waals surface area contributed by atoms with Crippen LogP contribution in [-0.2, 0) is 27.5 Å². The van der Waals surface area contributed by atoms with Crippen molar-refractivity contribution in [3.8, 4) is 0 Å². The molecule has 2 aromatic rings. The lowest BCUT2D eigenvalue weighted by Gasteiger charge is -2.32. The number of ketones is 1. The molecule has 2 amide bonds. The number of hydrogen-bond acceptors (Lipinski definition) is 5. The first-order valence-corrected chi connectivity index (χ1v) is 9.59. The predicted octanol–water partition coefficient (Wildman–Crippen LogP) is 3.21. The van der Waals surface area contributed by atoms with Crippen LogP contribution in [0.25, 0.3) is 0 Å². The summed E-state index contributed by atoms with van der Waals surface area (Å²) in [5.41, 5.74) is 1.65. The highest BCUT2D eigenvalue weighted by molar-refractivity contribution is 5.91. The van der Waals surface area contributed by atoms with Crippen LogP contribution in [-0.4, -0.2) is 42.5 Å². The fraction of sp³-hybridized carbons (Fsp3) is 0.429. The van der Waals surface area contributed by atoms with Gasteiger partial charge >= 0.3 is 6.03 Å². The highest BCUT2D eigenvalue weighted by Gasteiger charge is 2.38. The van der Waals surface area contributed by atoms with Crippen LogP contribution < -0.4 is 5.32 Å². The molecule has 1 aliphatic carbocycles. The molecular formula is C21H24N2O5. The second-order valence-electron chi connectivity index (χ2n) is 7.18. The molecular weight excluding hydrogens is 360 g/mol. The fourth-order valence-electron chi connectivity index (χ4n) is 3.24. The summed E-state index contributed by atoms with van der Waals surface area (Å²) in [5.74, 6) is 1.03. The Balaban J connectivity index is 1.29. The van der Waals surface area contributed by atoms with E-state index in [1.54, 1.807) is 11.2 Å². The molecule has 28 heavy (non-hydrogen) atoms. The Labute approximate surface area is 163 Å². The molecule has 7 heteroatoms. The number of carbonyl (C=O) groups excluding carboxylic acids is 2. The van der Waals surface area contributed by atoms with Crippen molar-refractivity contribution in [2.45, 2.75) is 32.2 Å². The standard InChI is InChI=1S/C21H24N2O5/c24-20(16-6-7-16)19-12-23(8-10-28-19)21(25)22-17-4-1-3-15(11-17)13-26-14-18-5-2-9-27-18/h1-5,9,11,16,19H,6-8,10,12-14H2,(H,22,25)/t19-/m0/s1. The van der Waals surface area contributed by atoms with Gasteiger partial charge in [-0.15, -0.1) is 0 Å². The van der Waals surface area contributed by atoms with Crippen LogP contribution in [0, 0.1) is 5.92 Å². The van der Waals surface area contributed by atoms with Crippen molar-refractivity contribution < 1.29 is 23.5 Å². The highest BCUT2D eigenvalue weighted by Crippen LogP contribution is 2.32. The van der Waals surface area contributed by atoms with Gasteiger partial charge in [0.15, 0.2) is 5.78 Å². The van der Waals surface area contributed by atoms with Crippen LogP contribution in [0.15, 0.2) is 47.1 Å². The number of anilines is 1. The van der Waals surface area contributed by atoms with Gasteiger partial charge < -0.3 is 24.1 Å². The fourth-order valence-corrected chi connectivity index (χ4v) is 3.24. The number of Topliss-reactive ketones (excluding diaryl/α,β-unsaturated/α-hetero) is 1. The number of amides is 2. The maximum Gasteiger partial charge on any atom is 0.322 e. The maximum absolute atomic E-state index is 12.6. The summed E-state index contributed by atoms with van der Waals surface area (Å²) in [7, 11) is 0. The summed E-state index contributed by atoms with van der Waals surface area (Å²) in [6, 6.07) is 11.0. The number of carbonyl (C=O) groups is 2. The number of morpholine rings is 1. The number of benzene rings is 1. The van der Waals surface area contributed by atoms with E-state index in [-0.39, 0.29) is 17.7 Å². The molecule has 2 aliphatic rings. The van der Waals surface area contributed by atoms with E-state index in [4.69, 9.17) is 13.9 Å². The van der Waals surface area contributed by atoms with Crippen molar-refractivity contribution >= 4 is 17.5 Å². The van der Waals surface area contributed by atoms with Crippen LogP contribution >= 0.6 is 0 Å². The predicted molar refractivity (Wildman–Crippen MR) is 102 cm³/mol. The largest absolute Gasteiger partial charge is 0.467 e. The van der Waals surface area contributed by atoms with E-state index in [2.05, 4.69) is 5.32 Å². The molecule has 0 spiro atoms. The van der Waals surface area contributed by atoms with E-state index in [0.29, 0.717) is 38.6 Å². The molecule has 1 saturated heterocycles. The van der Waals surface area contributed by atoms with Gasteiger partial charge in [-0.2, -0.15) is 0 Å². The van der Waals surface area contributed by atoms with Gasteiger partial charge in [0, 0.05) is 18.2 Å². The van der Waals surface area contributed by atoms with Gasteiger partial charge in [0.1, 0.15) is 18.5 Å². The lowest BCUT2D eigenvalue weighted by molar-refractivity contribution is -0.135. The van der Waals surface area contributed by atoms with Gasteiger partial charge in [0.2, 0.25) is 0 Å². The molecule has 2 heterocycles. The number of rotatable bonds is 7. The minimum Gasteiger partial charge on any atom is -0.467 e. The lowest BCUT2D eigenvalue weighted by atomic mass is 10.1. The average molecular weight is 384 g/mol. The van der Waals surface area contributed by atoms with Crippen molar-refractivity contribution in [3.63, 3.8) is 0 Å². The van der Waals surface area contributed by atoms with E-state index < -0.39 is 6.10 Å². The molecule has 148 valence electrons. The molecule has 1 saturated carbocycles. The number of furan rings is 1. The molecule has 7 nitrogen and oxygen atoms in total. The minimum absolute atomic E-state index is 0.130. The van der Waals surface area contributed by atoms with Crippen LogP contribution in [0.4, 0.5) is 10.5 Å². The molecule has 1 aromatic carbocycles. The van der Waals surface area contributed by atoms with Crippen molar-refractivity contribution in [1.29, 1.82) is 0 Å². The van der Waals surface area contributed by atoms with E-state index >= 15 is 0 Å². The van der Waals surface area contributed by atoms with E-state index in [1.807, 2.05) is 36.4 Å². The molecule has 2 fully saturated rings. The smallest absolute Gasteiger partial charge is 0.322 e. The molecule has 4 rings (SSSR count). The first-order chi connectivity index (χ1) is 13.7. The van der Waals surface area contributed by atoms with Crippen molar-refractivity contribution in [3.05, 3.63) is 54.0 Å². The average Bonchev–Trinajstić information content (AvgIpc) is 3.44. The zero-order valence-electron chi connectivity index (χ0n) is 15.6. The third kappa shape index (κ3) is 4.79. The zero-order chi connectivity index (χ0) is 19.3. The van der Waals surface area contributed by atoms with E-state index in [9.17, 15) is 9.59 Å². The summed E-state index contributed by atoms with van der Waals surface area (Å²) >= 11 is 0. The first kappa shape index (κ1) is 18.7. The van der Waals surface area contributed by atoms with Gasteiger partial charge in [0.25, 0.3) is 0 Å². The topological polar surface area (TPSA) is 81.0 Å².